The largest absolute Gasteiger partial charge is 0.465 e. The van der Waals surface area contributed by atoms with Crippen LogP contribution in [0.4, 0.5) is 0 Å². The maximum absolute atomic E-state index is 13.1. The second kappa shape index (κ2) is 11.1. The van der Waals surface area contributed by atoms with Gasteiger partial charge in [0.05, 0.1) is 23.5 Å². The summed E-state index contributed by atoms with van der Waals surface area (Å²) in [7, 11) is -2.73. The predicted octanol–water partition coefficient (Wildman–Crippen LogP) is 2.11. The van der Waals surface area contributed by atoms with Crippen molar-refractivity contribution >= 4 is 27.9 Å². The van der Waals surface area contributed by atoms with E-state index in [4.69, 9.17) is 9.47 Å². The Labute approximate surface area is 194 Å². The lowest BCUT2D eigenvalue weighted by atomic mass is 9.86. The Kier molecular flexibility index (Phi) is 8.47. The van der Waals surface area contributed by atoms with Gasteiger partial charge in [-0.15, -0.1) is 0 Å². The van der Waals surface area contributed by atoms with Crippen molar-refractivity contribution in [2.75, 3.05) is 26.8 Å². The number of methoxy groups -OCH3 is 1. The first kappa shape index (κ1) is 25.2. The van der Waals surface area contributed by atoms with Gasteiger partial charge in [-0.05, 0) is 43.7 Å². The van der Waals surface area contributed by atoms with Crippen molar-refractivity contribution in [3.05, 3.63) is 29.8 Å². The summed E-state index contributed by atoms with van der Waals surface area (Å²) in [4.78, 5) is 36.5. The van der Waals surface area contributed by atoms with Crippen molar-refractivity contribution < 1.29 is 32.3 Å². The number of ether oxygens (including phenoxy) is 2. The minimum absolute atomic E-state index is 0.0279. The van der Waals surface area contributed by atoms with E-state index < -0.39 is 27.9 Å². The SMILES string of the molecule is COC(=O)c1ccccc1S(=O)(=O)N1CCC(C(=O)OCC(=O)N[C@H]2CCCC[C@@H]2C)CC1. The van der Waals surface area contributed by atoms with Crippen molar-refractivity contribution in [2.24, 2.45) is 11.8 Å². The van der Waals surface area contributed by atoms with Crippen molar-refractivity contribution in [3.8, 4) is 0 Å². The molecule has 2 atom stereocenters. The molecule has 1 heterocycles. The van der Waals surface area contributed by atoms with Crippen molar-refractivity contribution in [2.45, 2.75) is 56.4 Å². The van der Waals surface area contributed by atoms with E-state index >= 15 is 0 Å². The summed E-state index contributed by atoms with van der Waals surface area (Å²) < 4.78 is 37.3. The first-order valence-corrected chi connectivity index (χ1v) is 12.8. The smallest absolute Gasteiger partial charge is 0.339 e. The second-order valence-electron chi connectivity index (χ2n) is 8.71. The number of carbonyl (C=O) groups excluding carboxylic acids is 3. The van der Waals surface area contributed by atoms with Crippen LogP contribution in [0.15, 0.2) is 29.2 Å². The molecule has 2 aliphatic rings. The number of hydrogen-bond donors (Lipinski definition) is 1. The number of rotatable bonds is 7. The number of sulfonamides is 1. The molecular weight excluding hydrogens is 448 g/mol. The number of esters is 2. The molecule has 1 aliphatic heterocycles. The fourth-order valence-corrected chi connectivity index (χ4v) is 6.12. The highest BCUT2D eigenvalue weighted by atomic mass is 32.2. The Morgan fingerprint density at radius 1 is 1.06 bits per heavy atom. The summed E-state index contributed by atoms with van der Waals surface area (Å²) in [5.74, 6) is -1.59. The summed E-state index contributed by atoms with van der Waals surface area (Å²) in [6.07, 6.45) is 4.83. The Morgan fingerprint density at radius 3 is 2.39 bits per heavy atom. The van der Waals surface area contributed by atoms with Gasteiger partial charge in [-0.1, -0.05) is 31.9 Å². The Bertz CT molecular complexity index is 971. The molecule has 2 fully saturated rings. The van der Waals surface area contributed by atoms with Crippen LogP contribution in [0.1, 0.15) is 55.8 Å². The van der Waals surface area contributed by atoms with Gasteiger partial charge in [-0.3, -0.25) is 9.59 Å². The molecule has 0 unspecified atom stereocenters. The molecule has 0 spiro atoms. The van der Waals surface area contributed by atoms with Gasteiger partial charge in [0.2, 0.25) is 10.0 Å². The van der Waals surface area contributed by atoms with Gasteiger partial charge in [-0.2, -0.15) is 4.31 Å². The highest BCUT2D eigenvalue weighted by Gasteiger charge is 2.35. The first-order valence-electron chi connectivity index (χ1n) is 11.4. The van der Waals surface area contributed by atoms with Gasteiger partial charge in [-0.25, -0.2) is 13.2 Å². The summed E-state index contributed by atoms with van der Waals surface area (Å²) in [6.45, 7) is 2.02. The lowest BCUT2D eigenvalue weighted by Crippen LogP contribution is -2.44. The third kappa shape index (κ3) is 6.11. The normalized spacial score (nSPS) is 22.4. The third-order valence-corrected chi connectivity index (χ3v) is 8.46. The molecule has 3 rings (SSSR count). The Morgan fingerprint density at radius 2 is 1.73 bits per heavy atom. The fraction of sp³-hybridized carbons (Fsp3) is 0.609. The highest BCUT2D eigenvalue weighted by molar-refractivity contribution is 7.89. The van der Waals surface area contributed by atoms with Crippen LogP contribution >= 0.6 is 0 Å². The summed E-state index contributed by atoms with van der Waals surface area (Å²) >= 11 is 0. The molecular formula is C23H32N2O7S. The van der Waals surface area contributed by atoms with Crippen molar-refractivity contribution in [3.63, 3.8) is 0 Å². The van der Waals surface area contributed by atoms with E-state index in [0.717, 1.165) is 19.3 Å². The number of amides is 1. The summed E-state index contributed by atoms with van der Waals surface area (Å²) in [6, 6.07) is 6.00. The molecule has 1 saturated carbocycles. The van der Waals surface area contributed by atoms with Gasteiger partial charge >= 0.3 is 11.9 Å². The third-order valence-electron chi connectivity index (χ3n) is 6.50. The highest BCUT2D eigenvalue weighted by Crippen LogP contribution is 2.27. The minimum Gasteiger partial charge on any atom is -0.465 e. The van der Waals surface area contributed by atoms with Crippen LogP contribution in [-0.2, 0) is 29.1 Å². The number of nitrogens with one attached hydrogen (secondary N) is 1. The molecule has 1 aromatic rings. The number of nitrogens with zero attached hydrogens (tertiary/aromatic N) is 1. The average molecular weight is 481 g/mol. The van der Waals surface area contributed by atoms with Gasteiger partial charge in [0, 0.05) is 19.1 Å². The van der Waals surface area contributed by atoms with E-state index in [2.05, 4.69) is 12.2 Å². The van der Waals surface area contributed by atoms with Gasteiger partial charge in [0.15, 0.2) is 6.61 Å². The van der Waals surface area contributed by atoms with E-state index in [-0.39, 0.29) is 54.9 Å². The van der Waals surface area contributed by atoms with Crippen LogP contribution < -0.4 is 5.32 Å². The number of carbonyl (C=O) groups is 3. The molecule has 1 amide bonds. The van der Waals surface area contributed by atoms with E-state index in [9.17, 15) is 22.8 Å². The molecule has 9 nitrogen and oxygen atoms in total. The lowest BCUT2D eigenvalue weighted by Gasteiger charge is -2.31. The van der Waals surface area contributed by atoms with E-state index in [1.54, 1.807) is 12.1 Å². The van der Waals surface area contributed by atoms with Crippen LogP contribution in [0.3, 0.4) is 0 Å². The maximum atomic E-state index is 13.1. The van der Waals surface area contributed by atoms with Crippen LogP contribution in [0.2, 0.25) is 0 Å². The van der Waals surface area contributed by atoms with E-state index in [1.165, 1.54) is 30.0 Å². The van der Waals surface area contributed by atoms with E-state index in [1.807, 2.05) is 0 Å². The quantitative estimate of drug-likeness (QED) is 0.594. The number of hydrogen-bond acceptors (Lipinski definition) is 7. The molecule has 1 aromatic carbocycles. The average Bonchev–Trinajstić information content (AvgIpc) is 2.83. The standard InChI is InChI=1S/C23H32N2O7S/c1-16-7-3-5-9-19(16)24-21(26)15-32-22(27)17-11-13-25(14-12-17)33(29,30)20-10-6-4-8-18(20)23(28)31-2/h4,6,8,10,16-17,19H,3,5,7,9,11-15H2,1-2H3,(H,24,26)/t16-,19-/m0/s1. The fourth-order valence-electron chi connectivity index (χ4n) is 4.47. The van der Waals surface area contributed by atoms with Crippen LogP contribution in [0.25, 0.3) is 0 Å². The van der Waals surface area contributed by atoms with Crippen LogP contribution in [-0.4, -0.2) is 63.4 Å². The number of piperidine rings is 1. The summed E-state index contributed by atoms with van der Waals surface area (Å²) in [5, 5.41) is 2.95. The Hall–Kier alpha value is -2.46. The summed E-state index contributed by atoms with van der Waals surface area (Å²) in [5.41, 5.74) is -0.0279. The Balaban J connectivity index is 1.51. The monoisotopic (exact) mass is 480 g/mol. The molecule has 33 heavy (non-hydrogen) atoms. The molecule has 1 saturated heterocycles. The number of benzene rings is 1. The van der Waals surface area contributed by atoms with Crippen molar-refractivity contribution in [1.29, 1.82) is 0 Å². The van der Waals surface area contributed by atoms with Gasteiger partial charge < -0.3 is 14.8 Å². The molecule has 182 valence electrons. The molecule has 0 radical (unpaired) electrons. The van der Waals surface area contributed by atoms with Crippen LogP contribution in [0, 0.1) is 11.8 Å². The molecule has 1 N–H and O–H groups in total. The maximum Gasteiger partial charge on any atom is 0.339 e. The molecule has 0 bridgehead atoms. The van der Waals surface area contributed by atoms with Crippen molar-refractivity contribution in [1.82, 2.24) is 9.62 Å². The van der Waals surface area contributed by atoms with Gasteiger partial charge in [0.1, 0.15) is 0 Å². The second-order valence-corrected chi connectivity index (χ2v) is 10.6. The minimum atomic E-state index is -3.93. The zero-order chi connectivity index (χ0) is 24.0. The van der Waals surface area contributed by atoms with E-state index in [0.29, 0.717) is 5.92 Å². The van der Waals surface area contributed by atoms with Gasteiger partial charge in [0.25, 0.3) is 5.91 Å². The molecule has 1 aliphatic carbocycles. The molecule has 0 aromatic heterocycles. The topological polar surface area (TPSA) is 119 Å². The molecule has 10 heteroatoms. The first-order chi connectivity index (χ1) is 15.7. The lowest BCUT2D eigenvalue weighted by molar-refractivity contribution is -0.154. The van der Waals surface area contributed by atoms with Crippen LogP contribution in [0.5, 0.6) is 0 Å². The zero-order valence-corrected chi connectivity index (χ0v) is 19.9. The zero-order valence-electron chi connectivity index (χ0n) is 19.1. The predicted molar refractivity (Wildman–Crippen MR) is 120 cm³/mol.